The number of ether oxygens (including phenoxy) is 1. The van der Waals surface area contributed by atoms with Crippen LogP contribution in [0.1, 0.15) is 41.4 Å². The van der Waals surface area contributed by atoms with Crippen molar-refractivity contribution < 1.29 is 9.53 Å². The Morgan fingerprint density at radius 1 is 1.25 bits per heavy atom. The maximum atomic E-state index is 11.9. The van der Waals surface area contributed by atoms with E-state index in [4.69, 9.17) is 4.74 Å². The molecule has 0 spiro atoms. The van der Waals surface area contributed by atoms with Gasteiger partial charge in [0.05, 0.1) is 19.0 Å². The van der Waals surface area contributed by atoms with Gasteiger partial charge in [-0.2, -0.15) is 0 Å². The first-order valence-corrected chi connectivity index (χ1v) is 7.98. The largest absolute Gasteiger partial charge is 0.383 e. The first kappa shape index (κ1) is 17.9. The fourth-order valence-corrected chi connectivity index (χ4v) is 2.34. The van der Waals surface area contributed by atoms with Gasteiger partial charge in [0, 0.05) is 19.3 Å². The number of amides is 1. The third kappa shape index (κ3) is 4.52. The van der Waals surface area contributed by atoms with Gasteiger partial charge < -0.3 is 15.4 Å². The summed E-state index contributed by atoms with van der Waals surface area (Å²) >= 11 is 0. The summed E-state index contributed by atoms with van der Waals surface area (Å²) in [7, 11) is 1.59. The van der Waals surface area contributed by atoms with Crippen LogP contribution in [0.4, 0.5) is 11.5 Å². The summed E-state index contributed by atoms with van der Waals surface area (Å²) in [4.78, 5) is 20.4. The molecule has 24 heavy (non-hydrogen) atoms. The Kier molecular flexibility index (Phi) is 6.26. The zero-order chi connectivity index (χ0) is 17.5. The van der Waals surface area contributed by atoms with Crippen LogP contribution in [0.25, 0.3) is 0 Å². The van der Waals surface area contributed by atoms with Gasteiger partial charge in [0.25, 0.3) is 5.91 Å². The highest BCUT2D eigenvalue weighted by Crippen LogP contribution is 2.29. The Hall–Kier alpha value is -2.47. The van der Waals surface area contributed by atoms with E-state index in [-0.39, 0.29) is 11.6 Å². The van der Waals surface area contributed by atoms with Gasteiger partial charge in [-0.15, -0.1) is 0 Å². The van der Waals surface area contributed by atoms with E-state index >= 15 is 0 Å². The molecular formula is C18H24N4O2. The molecule has 1 amide bonds. The fraction of sp³-hybridized carbons (Fsp3) is 0.389. The standard InChI is InChI=1S/C18H24N4O2/c1-12(2)14-7-5-6-13(3)17(14)22-16-11-20-15(10-21-16)18(23)19-8-9-24-4/h5-7,10-12H,8-9H2,1-4H3,(H,19,23)(H,21,22). The minimum atomic E-state index is -0.259. The number of nitrogens with zero attached hydrogens (tertiary/aromatic N) is 2. The number of hydrogen-bond donors (Lipinski definition) is 2. The van der Waals surface area contributed by atoms with Crippen molar-refractivity contribution in [3.63, 3.8) is 0 Å². The van der Waals surface area contributed by atoms with E-state index in [2.05, 4.69) is 59.6 Å². The van der Waals surface area contributed by atoms with Crippen LogP contribution in [0.15, 0.2) is 30.6 Å². The molecule has 2 N–H and O–H groups in total. The lowest BCUT2D eigenvalue weighted by Gasteiger charge is -2.16. The molecule has 6 nitrogen and oxygen atoms in total. The number of anilines is 2. The number of carbonyl (C=O) groups excluding carboxylic acids is 1. The second-order valence-electron chi connectivity index (χ2n) is 5.85. The van der Waals surface area contributed by atoms with Crippen molar-refractivity contribution in [3.05, 3.63) is 47.4 Å². The zero-order valence-corrected chi connectivity index (χ0v) is 14.6. The molecule has 0 unspecified atom stereocenters. The van der Waals surface area contributed by atoms with Crippen molar-refractivity contribution in [2.24, 2.45) is 0 Å². The highest BCUT2D eigenvalue weighted by Gasteiger charge is 2.11. The molecule has 1 heterocycles. The number of nitrogens with one attached hydrogen (secondary N) is 2. The Morgan fingerprint density at radius 2 is 2.04 bits per heavy atom. The Bertz CT molecular complexity index is 684. The van der Waals surface area contributed by atoms with Crippen LogP contribution in [0.2, 0.25) is 0 Å². The normalized spacial score (nSPS) is 10.7. The summed E-state index contributed by atoms with van der Waals surface area (Å²) in [5, 5.41) is 6.03. The molecule has 2 rings (SSSR count). The minimum Gasteiger partial charge on any atom is -0.383 e. The van der Waals surface area contributed by atoms with Crippen molar-refractivity contribution in [2.75, 3.05) is 25.6 Å². The smallest absolute Gasteiger partial charge is 0.271 e. The second kappa shape index (κ2) is 8.40. The summed E-state index contributed by atoms with van der Waals surface area (Å²) in [5.74, 6) is 0.746. The van der Waals surface area contributed by atoms with Crippen LogP contribution >= 0.6 is 0 Å². The van der Waals surface area contributed by atoms with Crippen LogP contribution in [0, 0.1) is 6.92 Å². The highest BCUT2D eigenvalue weighted by atomic mass is 16.5. The van der Waals surface area contributed by atoms with Crippen LogP contribution in [0.3, 0.4) is 0 Å². The summed E-state index contributed by atoms with van der Waals surface area (Å²) in [6, 6.07) is 6.21. The number of hydrogen-bond acceptors (Lipinski definition) is 5. The van der Waals surface area contributed by atoms with E-state index in [0.29, 0.717) is 24.9 Å². The summed E-state index contributed by atoms with van der Waals surface area (Å²) in [6.45, 7) is 7.26. The minimum absolute atomic E-state index is 0.259. The third-order valence-corrected chi connectivity index (χ3v) is 3.66. The van der Waals surface area contributed by atoms with E-state index < -0.39 is 0 Å². The van der Waals surface area contributed by atoms with E-state index in [0.717, 1.165) is 11.3 Å². The summed E-state index contributed by atoms with van der Waals surface area (Å²) in [6.07, 6.45) is 3.04. The van der Waals surface area contributed by atoms with Gasteiger partial charge in [0.1, 0.15) is 11.5 Å². The number of aromatic nitrogens is 2. The molecule has 128 valence electrons. The molecule has 0 atom stereocenters. The molecule has 0 saturated heterocycles. The average molecular weight is 328 g/mol. The maximum Gasteiger partial charge on any atom is 0.271 e. The number of aryl methyl sites for hydroxylation is 1. The lowest BCUT2D eigenvalue weighted by Crippen LogP contribution is -2.27. The lowest BCUT2D eigenvalue weighted by molar-refractivity contribution is 0.0932. The molecule has 6 heteroatoms. The van der Waals surface area contributed by atoms with Crippen molar-refractivity contribution in [1.29, 1.82) is 0 Å². The van der Waals surface area contributed by atoms with Crippen LogP contribution in [0.5, 0.6) is 0 Å². The predicted octanol–water partition coefficient (Wildman–Crippen LogP) is 3.03. The first-order chi connectivity index (χ1) is 11.5. The molecule has 0 aliphatic carbocycles. The van der Waals surface area contributed by atoms with Gasteiger partial charge in [0.2, 0.25) is 0 Å². The van der Waals surface area contributed by atoms with Crippen LogP contribution in [-0.4, -0.2) is 36.1 Å². The van der Waals surface area contributed by atoms with E-state index in [9.17, 15) is 4.79 Å². The Balaban J connectivity index is 2.11. The van der Waals surface area contributed by atoms with Gasteiger partial charge in [-0.3, -0.25) is 4.79 Å². The Morgan fingerprint density at radius 3 is 2.67 bits per heavy atom. The van der Waals surface area contributed by atoms with Gasteiger partial charge in [0.15, 0.2) is 0 Å². The quantitative estimate of drug-likeness (QED) is 0.764. The second-order valence-corrected chi connectivity index (χ2v) is 5.85. The molecule has 1 aromatic carbocycles. The van der Waals surface area contributed by atoms with Gasteiger partial charge >= 0.3 is 0 Å². The zero-order valence-electron chi connectivity index (χ0n) is 14.6. The molecule has 0 saturated carbocycles. The molecule has 1 aromatic heterocycles. The molecule has 2 aromatic rings. The third-order valence-electron chi connectivity index (χ3n) is 3.66. The molecule has 0 fully saturated rings. The van der Waals surface area contributed by atoms with E-state index in [1.165, 1.54) is 11.8 Å². The van der Waals surface area contributed by atoms with Crippen molar-refractivity contribution in [2.45, 2.75) is 26.7 Å². The van der Waals surface area contributed by atoms with E-state index in [1.54, 1.807) is 13.3 Å². The van der Waals surface area contributed by atoms with Crippen molar-refractivity contribution >= 4 is 17.4 Å². The summed E-state index contributed by atoms with van der Waals surface area (Å²) in [5.41, 5.74) is 3.69. The molecule has 0 aliphatic heterocycles. The first-order valence-electron chi connectivity index (χ1n) is 7.98. The highest BCUT2D eigenvalue weighted by molar-refractivity contribution is 5.92. The van der Waals surface area contributed by atoms with Gasteiger partial charge in [-0.1, -0.05) is 32.0 Å². The van der Waals surface area contributed by atoms with Gasteiger partial charge in [-0.05, 0) is 24.0 Å². The van der Waals surface area contributed by atoms with E-state index in [1.807, 2.05) is 0 Å². The fourth-order valence-electron chi connectivity index (χ4n) is 2.34. The van der Waals surface area contributed by atoms with Crippen LogP contribution < -0.4 is 10.6 Å². The maximum absolute atomic E-state index is 11.9. The predicted molar refractivity (Wildman–Crippen MR) is 94.8 cm³/mol. The number of para-hydroxylation sites is 1. The molecular weight excluding hydrogens is 304 g/mol. The Labute approximate surface area is 142 Å². The SMILES string of the molecule is COCCNC(=O)c1cnc(Nc2c(C)cccc2C(C)C)cn1. The number of methoxy groups -OCH3 is 1. The van der Waals surface area contributed by atoms with Crippen LogP contribution in [-0.2, 0) is 4.74 Å². The monoisotopic (exact) mass is 328 g/mol. The lowest BCUT2D eigenvalue weighted by atomic mass is 9.98. The van der Waals surface area contributed by atoms with Crippen molar-refractivity contribution in [3.8, 4) is 0 Å². The number of carbonyl (C=O) groups is 1. The molecule has 0 aliphatic rings. The topological polar surface area (TPSA) is 76.1 Å². The average Bonchev–Trinajstić information content (AvgIpc) is 2.57. The molecule has 0 radical (unpaired) electrons. The van der Waals surface area contributed by atoms with Gasteiger partial charge in [-0.25, -0.2) is 9.97 Å². The summed E-state index contributed by atoms with van der Waals surface area (Å²) < 4.78 is 4.89. The van der Waals surface area contributed by atoms with Crippen molar-refractivity contribution in [1.82, 2.24) is 15.3 Å². The molecule has 0 bridgehead atoms. The number of benzene rings is 1. The number of rotatable bonds is 7.